The molecule has 0 saturated heterocycles. The van der Waals surface area contributed by atoms with E-state index in [0.717, 1.165) is 12.3 Å². The molecule has 0 bridgehead atoms. The van der Waals surface area contributed by atoms with Gasteiger partial charge in [-0.25, -0.2) is 17.6 Å². The molecule has 4 atom stereocenters. The molecule has 4 unspecified atom stereocenters. The van der Waals surface area contributed by atoms with Gasteiger partial charge in [0.1, 0.15) is 12.0 Å². The molecular formula is C31H42F4. The molecule has 0 N–H and O–H groups in total. The van der Waals surface area contributed by atoms with Gasteiger partial charge in [-0.1, -0.05) is 103 Å². The lowest BCUT2D eigenvalue weighted by Crippen LogP contribution is -2.38. The van der Waals surface area contributed by atoms with E-state index in [2.05, 4.69) is 6.92 Å². The second-order valence-corrected chi connectivity index (χ2v) is 11.5. The van der Waals surface area contributed by atoms with E-state index in [9.17, 15) is 0 Å². The molecule has 3 aliphatic carbocycles. The quantitative estimate of drug-likeness (QED) is 0.239. The SMILES string of the molecule is CCCCCC1CCC(CCC2(C)C=CC3=C(C(F)C(F)c4c3ccc(CCC)c4F)C2F)CC1. The number of alkyl halides is 3. The zero-order valence-corrected chi connectivity index (χ0v) is 21.7. The number of rotatable bonds is 9. The Hall–Kier alpha value is -1.58. The predicted octanol–water partition coefficient (Wildman–Crippen LogP) is 9.98. The van der Waals surface area contributed by atoms with Crippen LogP contribution in [0.4, 0.5) is 17.6 Å². The molecule has 0 spiro atoms. The van der Waals surface area contributed by atoms with E-state index in [4.69, 9.17) is 0 Å². The lowest BCUT2D eigenvalue weighted by Gasteiger charge is -2.41. The molecule has 0 aliphatic heterocycles. The third-order valence-corrected chi connectivity index (χ3v) is 8.97. The van der Waals surface area contributed by atoms with E-state index in [0.29, 0.717) is 41.9 Å². The molecule has 1 fully saturated rings. The van der Waals surface area contributed by atoms with E-state index < -0.39 is 29.7 Å². The van der Waals surface area contributed by atoms with Crippen LogP contribution >= 0.6 is 0 Å². The van der Waals surface area contributed by atoms with Crippen LogP contribution in [-0.4, -0.2) is 12.3 Å². The summed E-state index contributed by atoms with van der Waals surface area (Å²) in [6.07, 6.45) is 10.5. The van der Waals surface area contributed by atoms with Gasteiger partial charge in [-0.05, 0) is 47.8 Å². The maximum atomic E-state index is 16.0. The molecule has 194 valence electrons. The number of unbranched alkanes of at least 4 members (excludes halogenated alkanes) is 2. The van der Waals surface area contributed by atoms with Crippen molar-refractivity contribution in [3.05, 3.63) is 52.4 Å². The Labute approximate surface area is 209 Å². The highest BCUT2D eigenvalue weighted by Gasteiger charge is 2.48. The van der Waals surface area contributed by atoms with Crippen molar-refractivity contribution in [1.82, 2.24) is 0 Å². The van der Waals surface area contributed by atoms with Crippen molar-refractivity contribution in [2.45, 2.75) is 116 Å². The average molecular weight is 491 g/mol. The van der Waals surface area contributed by atoms with Gasteiger partial charge in [0.05, 0.1) is 0 Å². The first-order valence-electron chi connectivity index (χ1n) is 14.0. The fourth-order valence-electron chi connectivity index (χ4n) is 6.61. The Balaban J connectivity index is 1.46. The van der Waals surface area contributed by atoms with Crippen molar-refractivity contribution < 1.29 is 17.6 Å². The molecule has 0 aromatic heterocycles. The number of allylic oxidation sites excluding steroid dienone is 4. The normalized spacial score (nSPS) is 32.5. The van der Waals surface area contributed by atoms with Crippen LogP contribution in [0, 0.1) is 23.1 Å². The molecule has 1 aromatic carbocycles. The molecule has 0 amide bonds. The summed E-state index contributed by atoms with van der Waals surface area (Å²) in [5.74, 6) is 0.742. The number of fused-ring (bicyclic) bond motifs is 2. The molecule has 4 rings (SSSR count). The maximum Gasteiger partial charge on any atom is 0.164 e. The lowest BCUT2D eigenvalue weighted by molar-refractivity contribution is 0.121. The fourth-order valence-corrected chi connectivity index (χ4v) is 6.61. The van der Waals surface area contributed by atoms with E-state index >= 15 is 17.6 Å². The predicted molar refractivity (Wildman–Crippen MR) is 137 cm³/mol. The summed E-state index contributed by atoms with van der Waals surface area (Å²) in [5, 5.41) is 0. The molecule has 1 saturated carbocycles. The van der Waals surface area contributed by atoms with Gasteiger partial charge >= 0.3 is 0 Å². The van der Waals surface area contributed by atoms with Gasteiger partial charge in [0, 0.05) is 16.6 Å². The van der Waals surface area contributed by atoms with E-state index in [1.807, 2.05) is 19.9 Å². The monoisotopic (exact) mass is 490 g/mol. The van der Waals surface area contributed by atoms with Gasteiger partial charge in [-0.15, -0.1) is 0 Å². The zero-order chi connectivity index (χ0) is 25.2. The molecule has 0 nitrogen and oxygen atoms in total. The van der Waals surface area contributed by atoms with Crippen LogP contribution in [0.15, 0.2) is 29.9 Å². The van der Waals surface area contributed by atoms with E-state index in [-0.39, 0.29) is 11.1 Å². The van der Waals surface area contributed by atoms with E-state index in [1.54, 1.807) is 18.2 Å². The highest BCUT2D eigenvalue weighted by atomic mass is 19.2. The van der Waals surface area contributed by atoms with Crippen molar-refractivity contribution in [2.75, 3.05) is 0 Å². The van der Waals surface area contributed by atoms with Crippen LogP contribution in [0.25, 0.3) is 5.57 Å². The number of aryl methyl sites for hydroxylation is 1. The summed E-state index contributed by atoms with van der Waals surface area (Å²) >= 11 is 0. The van der Waals surface area contributed by atoms with Gasteiger partial charge in [0.25, 0.3) is 0 Å². The van der Waals surface area contributed by atoms with Crippen LogP contribution in [0.2, 0.25) is 0 Å². The Bertz CT molecular complexity index is 940. The maximum absolute atomic E-state index is 16.0. The highest BCUT2D eigenvalue weighted by molar-refractivity contribution is 5.84. The third kappa shape index (κ3) is 5.27. The Kier molecular flexibility index (Phi) is 8.49. The zero-order valence-electron chi connectivity index (χ0n) is 21.7. The molecule has 35 heavy (non-hydrogen) atoms. The second-order valence-electron chi connectivity index (χ2n) is 11.5. The minimum Gasteiger partial charge on any atom is -0.242 e. The minimum atomic E-state index is -2.17. The largest absolute Gasteiger partial charge is 0.242 e. The van der Waals surface area contributed by atoms with Crippen LogP contribution in [0.3, 0.4) is 0 Å². The molecule has 0 heterocycles. The fraction of sp³-hybridized carbons (Fsp3) is 0.677. The molecule has 1 aromatic rings. The Morgan fingerprint density at radius 2 is 1.57 bits per heavy atom. The van der Waals surface area contributed by atoms with Crippen molar-refractivity contribution >= 4 is 5.57 Å². The van der Waals surface area contributed by atoms with Crippen LogP contribution in [-0.2, 0) is 6.42 Å². The second kappa shape index (κ2) is 11.2. The summed E-state index contributed by atoms with van der Waals surface area (Å²) in [7, 11) is 0. The summed E-state index contributed by atoms with van der Waals surface area (Å²) < 4.78 is 61.6. The number of hydrogen-bond acceptors (Lipinski definition) is 0. The summed E-state index contributed by atoms with van der Waals surface area (Å²) in [6.45, 7) is 5.98. The lowest BCUT2D eigenvalue weighted by atomic mass is 9.66. The van der Waals surface area contributed by atoms with Gasteiger partial charge in [-0.3, -0.25) is 0 Å². The number of halogens is 4. The first kappa shape index (κ1) is 26.5. The van der Waals surface area contributed by atoms with Gasteiger partial charge in [-0.2, -0.15) is 0 Å². The Morgan fingerprint density at radius 3 is 2.23 bits per heavy atom. The highest BCUT2D eigenvalue weighted by Crippen LogP contribution is 2.52. The number of hydrogen-bond donors (Lipinski definition) is 0. The molecule has 3 aliphatic rings. The van der Waals surface area contributed by atoms with Crippen molar-refractivity contribution in [3.63, 3.8) is 0 Å². The Morgan fingerprint density at radius 1 is 0.886 bits per heavy atom. The van der Waals surface area contributed by atoms with Crippen LogP contribution in [0.5, 0.6) is 0 Å². The molecule has 4 heteroatoms. The van der Waals surface area contributed by atoms with Crippen LogP contribution in [0.1, 0.15) is 114 Å². The molecule has 0 radical (unpaired) electrons. The van der Waals surface area contributed by atoms with Crippen molar-refractivity contribution in [1.29, 1.82) is 0 Å². The smallest absolute Gasteiger partial charge is 0.164 e. The standard InChI is InChI=1S/C31H42F4/c1-4-6-7-9-20-10-12-21(13-11-20)16-18-31(3)19-17-24-23-15-14-22(8-5-2)27(32)25(23)28(33)29(34)26(24)30(31)35/h14-15,17,19-21,28-30H,4-13,16,18H2,1-3H3. The van der Waals surface area contributed by atoms with Crippen LogP contribution < -0.4 is 0 Å². The van der Waals surface area contributed by atoms with E-state index in [1.165, 1.54) is 51.4 Å². The minimum absolute atomic E-state index is 0.128. The van der Waals surface area contributed by atoms with Crippen molar-refractivity contribution in [2.24, 2.45) is 17.3 Å². The number of benzene rings is 1. The average Bonchev–Trinajstić information content (AvgIpc) is 2.85. The summed E-state index contributed by atoms with van der Waals surface area (Å²) in [6, 6.07) is 3.29. The third-order valence-electron chi connectivity index (χ3n) is 8.97. The summed E-state index contributed by atoms with van der Waals surface area (Å²) in [5.41, 5.74) is -0.191. The first-order valence-corrected chi connectivity index (χ1v) is 14.0. The summed E-state index contributed by atoms with van der Waals surface area (Å²) in [4.78, 5) is 0. The van der Waals surface area contributed by atoms with Gasteiger partial charge in [0.15, 0.2) is 12.3 Å². The first-order chi connectivity index (χ1) is 16.8. The molecular weight excluding hydrogens is 448 g/mol. The van der Waals surface area contributed by atoms with Crippen molar-refractivity contribution in [3.8, 4) is 0 Å². The topological polar surface area (TPSA) is 0 Å². The van der Waals surface area contributed by atoms with Gasteiger partial charge < -0.3 is 0 Å². The van der Waals surface area contributed by atoms with Gasteiger partial charge in [0.2, 0.25) is 0 Å².